The van der Waals surface area contributed by atoms with E-state index in [9.17, 15) is 19.7 Å². The maximum Gasteiger partial charge on any atom is 0.311 e. The molecule has 1 aromatic heterocycles. The van der Waals surface area contributed by atoms with Gasteiger partial charge in [-0.25, -0.2) is 0 Å². The number of ketones is 1. The average molecular weight is 744 g/mol. The summed E-state index contributed by atoms with van der Waals surface area (Å²) in [6, 6.07) is 13.9. The van der Waals surface area contributed by atoms with Crippen molar-refractivity contribution in [1.82, 2.24) is 9.88 Å². The van der Waals surface area contributed by atoms with Crippen molar-refractivity contribution in [1.29, 1.82) is 0 Å². The second kappa shape index (κ2) is 18.0. The zero-order valence-electron chi connectivity index (χ0n) is 31.1. The molecule has 51 heavy (non-hydrogen) atoms. The first kappa shape index (κ1) is 40.5. The van der Waals surface area contributed by atoms with E-state index in [2.05, 4.69) is 47.6 Å². The first-order valence-corrected chi connectivity index (χ1v) is 19.2. The Morgan fingerprint density at radius 2 is 1.73 bits per heavy atom. The lowest BCUT2D eigenvalue weighted by atomic mass is 9.87. The van der Waals surface area contributed by atoms with E-state index in [4.69, 9.17) is 21.1 Å². The molecule has 2 aromatic carbocycles. The van der Waals surface area contributed by atoms with Crippen molar-refractivity contribution in [3.8, 4) is 5.75 Å². The van der Waals surface area contributed by atoms with Gasteiger partial charge in [-0.15, -0.1) is 21.9 Å². The van der Waals surface area contributed by atoms with E-state index in [1.54, 1.807) is 11.8 Å². The highest BCUT2D eigenvalue weighted by Gasteiger charge is 2.36. The van der Waals surface area contributed by atoms with E-state index in [1.807, 2.05) is 58.0 Å². The van der Waals surface area contributed by atoms with Crippen molar-refractivity contribution in [2.45, 2.75) is 122 Å². The largest absolute Gasteiger partial charge is 0.481 e. The first-order valence-electron chi connectivity index (χ1n) is 18.0. The fourth-order valence-electron chi connectivity index (χ4n) is 6.31. The lowest BCUT2D eigenvalue weighted by Crippen LogP contribution is -2.46. The van der Waals surface area contributed by atoms with Gasteiger partial charge in [0.15, 0.2) is 11.9 Å². The second-order valence-corrected chi connectivity index (χ2v) is 17.6. The summed E-state index contributed by atoms with van der Waals surface area (Å²) in [6.07, 6.45) is 4.53. The van der Waals surface area contributed by atoms with Crippen LogP contribution >= 0.6 is 23.4 Å². The van der Waals surface area contributed by atoms with Gasteiger partial charge in [0.2, 0.25) is 0 Å². The van der Waals surface area contributed by atoms with Crippen molar-refractivity contribution in [2.75, 3.05) is 19.8 Å². The summed E-state index contributed by atoms with van der Waals surface area (Å²) in [5, 5.41) is 14.7. The maximum atomic E-state index is 13.6. The molecule has 1 N–H and O–H groups in total. The number of carbonyl (C=O) groups excluding carboxylic acids is 2. The number of halogens is 1. The topological polar surface area (TPSA) is 122 Å². The van der Waals surface area contributed by atoms with Crippen molar-refractivity contribution in [2.24, 2.45) is 11.3 Å². The Morgan fingerprint density at radius 1 is 1.04 bits per heavy atom. The lowest BCUT2D eigenvalue weighted by Gasteiger charge is -2.26. The van der Waals surface area contributed by atoms with Crippen LogP contribution in [0.25, 0.3) is 10.9 Å². The van der Waals surface area contributed by atoms with E-state index >= 15 is 0 Å². The van der Waals surface area contributed by atoms with E-state index in [0.29, 0.717) is 36.6 Å². The van der Waals surface area contributed by atoms with Crippen LogP contribution in [-0.2, 0) is 32.1 Å². The molecule has 2 heterocycles. The number of rotatable bonds is 19. The van der Waals surface area contributed by atoms with Crippen LogP contribution in [0.4, 0.5) is 0 Å². The number of esters is 1. The van der Waals surface area contributed by atoms with Crippen molar-refractivity contribution >= 4 is 46.0 Å². The predicted octanol–water partition coefficient (Wildman–Crippen LogP) is 8.84. The van der Waals surface area contributed by atoms with E-state index in [1.165, 1.54) is 0 Å². The third-order valence-corrected chi connectivity index (χ3v) is 10.5. The third kappa shape index (κ3) is 11.6. The molecule has 1 saturated heterocycles. The Kier molecular flexibility index (Phi) is 14.3. The van der Waals surface area contributed by atoms with E-state index in [0.717, 1.165) is 59.3 Å². The molecule has 0 bridgehead atoms. The van der Waals surface area contributed by atoms with Crippen LogP contribution in [0.3, 0.4) is 0 Å². The molecule has 2 atom stereocenters. The smallest absolute Gasteiger partial charge is 0.311 e. The third-order valence-electron chi connectivity index (χ3n) is 8.96. The monoisotopic (exact) mass is 743 g/mol. The van der Waals surface area contributed by atoms with Crippen LogP contribution in [-0.4, -0.2) is 58.1 Å². The van der Waals surface area contributed by atoms with Crippen LogP contribution in [0.15, 0.2) is 47.4 Å². The fourth-order valence-corrected chi connectivity index (χ4v) is 7.62. The molecule has 4 rings (SSSR count). The van der Waals surface area contributed by atoms with E-state index in [-0.39, 0.29) is 41.7 Å². The highest BCUT2D eigenvalue weighted by Crippen LogP contribution is 2.44. The summed E-state index contributed by atoms with van der Waals surface area (Å²) in [5.74, 6) is 0.295. The maximum absolute atomic E-state index is 13.6. The van der Waals surface area contributed by atoms with Gasteiger partial charge in [0.1, 0.15) is 5.75 Å². The highest BCUT2D eigenvalue weighted by molar-refractivity contribution is 8.00. The Labute approximate surface area is 311 Å². The molecule has 1 unspecified atom stereocenters. The Morgan fingerprint density at radius 3 is 2.33 bits per heavy atom. The summed E-state index contributed by atoms with van der Waals surface area (Å²) in [4.78, 5) is 42.8. The SMILES string of the molecule is CC(C)C(=O)[C@@H](Oc1ccc2c(c1)c(SC(C)(C)C)c(CC(C)(C)C(=O)OCCCCCCO[N+](=O)[O-])n2Cc1ccc(Cl)cc1)C1CCCN1. The first-order chi connectivity index (χ1) is 24.1. The minimum Gasteiger partial charge on any atom is -0.481 e. The lowest BCUT2D eigenvalue weighted by molar-refractivity contribution is -0.757. The minimum absolute atomic E-state index is 0.0292. The van der Waals surface area contributed by atoms with Gasteiger partial charge < -0.3 is 24.2 Å². The number of hydrogen-bond donors (Lipinski definition) is 1. The van der Waals surface area contributed by atoms with Crippen LogP contribution in [0, 0.1) is 21.4 Å². The Bertz CT molecular complexity index is 1640. The molecule has 0 saturated carbocycles. The Hall–Kier alpha value is -3.28. The van der Waals surface area contributed by atoms with Gasteiger partial charge >= 0.3 is 5.97 Å². The molecule has 10 nitrogen and oxygen atoms in total. The fraction of sp³-hybridized carbons (Fsp3) is 0.590. The van der Waals surface area contributed by atoms with Gasteiger partial charge in [0, 0.05) is 50.1 Å². The molecule has 0 radical (unpaired) electrons. The summed E-state index contributed by atoms with van der Waals surface area (Å²) in [5.41, 5.74) is 2.26. The predicted molar refractivity (Wildman–Crippen MR) is 203 cm³/mol. The number of nitrogens with zero attached hydrogens (tertiary/aromatic N) is 2. The highest BCUT2D eigenvalue weighted by atomic mass is 35.5. The average Bonchev–Trinajstić information content (AvgIpc) is 3.68. The number of hydrogen-bond acceptors (Lipinski definition) is 9. The molecule has 3 aromatic rings. The zero-order valence-corrected chi connectivity index (χ0v) is 32.7. The molecule has 0 spiro atoms. The minimum atomic E-state index is -0.846. The number of carbonyl (C=O) groups is 2. The number of Topliss-reactive ketones (excluding diaryl/α,β-unsaturated/α-hetero) is 1. The summed E-state index contributed by atoms with van der Waals surface area (Å²) < 4.78 is 14.5. The summed E-state index contributed by atoms with van der Waals surface area (Å²) >= 11 is 8.01. The molecular weight excluding hydrogens is 690 g/mol. The number of nitrogens with one attached hydrogen (secondary N) is 1. The zero-order chi connectivity index (χ0) is 37.3. The second-order valence-electron chi connectivity index (χ2n) is 15.3. The number of ether oxygens (including phenoxy) is 2. The van der Waals surface area contributed by atoms with Gasteiger partial charge in [-0.2, -0.15) is 0 Å². The van der Waals surface area contributed by atoms with Crippen LogP contribution in [0.5, 0.6) is 5.75 Å². The van der Waals surface area contributed by atoms with Gasteiger partial charge in [-0.1, -0.05) is 64.8 Å². The van der Waals surface area contributed by atoms with Crippen LogP contribution in [0.2, 0.25) is 5.02 Å². The molecule has 0 aliphatic carbocycles. The summed E-state index contributed by atoms with van der Waals surface area (Å²) in [6.45, 7) is 16.0. The van der Waals surface area contributed by atoms with Gasteiger partial charge in [-0.05, 0) is 88.4 Å². The number of fused-ring (bicyclic) bond motifs is 1. The quantitative estimate of drug-likeness (QED) is 0.0422. The molecular formula is C39H54ClN3O7S. The van der Waals surface area contributed by atoms with Gasteiger partial charge in [0.25, 0.3) is 5.09 Å². The van der Waals surface area contributed by atoms with Crippen molar-refractivity contribution in [3.63, 3.8) is 0 Å². The number of thioether (sulfide) groups is 1. The van der Waals surface area contributed by atoms with Crippen LogP contribution < -0.4 is 10.1 Å². The normalized spacial score (nSPS) is 15.7. The standard InChI is InChI=1S/C39H54ClN3O7S/c1-26(2)34(44)35(31-13-12-20-41-31)50-29-18-19-32-30(23-29)36(51-38(3,4)5)33(42(32)25-27-14-16-28(40)17-15-27)24-39(6,7)37(45)48-21-10-8-9-11-22-49-43(46)47/h14-19,23,26,31,35,41H,8-13,20-22,24-25H2,1-7H3/t31?,35-/m0/s1. The van der Waals surface area contributed by atoms with Gasteiger partial charge in [-0.3, -0.25) is 9.59 Å². The Balaban J connectivity index is 1.68. The van der Waals surface area contributed by atoms with Crippen molar-refractivity contribution in [3.05, 3.63) is 68.9 Å². The number of benzene rings is 2. The molecule has 12 heteroatoms. The molecule has 1 aliphatic heterocycles. The molecule has 0 amide bonds. The molecule has 280 valence electrons. The van der Waals surface area contributed by atoms with Crippen molar-refractivity contribution < 1.29 is 29.0 Å². The summed E-state index contributed by atoms with van der Waals surface area (Å²) in [7, 11) is 0. The van der Waals surface area contributed by atoms with E-state index < -0.39 is 16.6 Å². The number of aromatic nitrogens is 1. The molecule has 1 aliphatic rings. The number of unbranched alkanes of at least 4 members (excludes halogenated alkanes) is 3. The van der Waals surface area contributed by atoms with Gasteiger partial charge in [0.05, 0.1) is 24.7 Å². The molecule has 1 fully saturated rings. The van der Waals surface area contributed by atoms with Crippen LogP contribution in [0.1, 0.15) is 98.2 Å².